The molecule has 1 saturated heterocycles. The average molecular weight is 305 g/mol. The zero-order chi connectivity index (χ0) is 15.6. The molecular formula is C21H20FN. The Bertz CT molecular complexity index is 821. The van der Waals surface area contributed by atoms with Crippen LogP contribution in [-0.4, -0.2) is 24.5 Å². The van der Waals surface area contributed by atoms with Crippen LogP contribution in [-0.2, 0) is 0 Å². The molecular weight excluding hydrogens is 285 g/mol. The van der Waals surface area contributed by atoms with Crippen LogP contribution in [0.1, 0.15) is 18.4 Å². The number of hydrogen-bond acceptors (Lipinski definition) is 1. The van der Waals surface area contributed by atoms with Gasteiger partial charge in [0.1, 0.15) is 5.83 Å². The second-order valence-electron chi connectivity index (χ2n) is 6.31. The van der Waals surface area contributed by atoms with Crippen molar-refractivity contribution in [3.63, 3.8) is 0 Å². The minimum atomic E-state index is -0.0478. The van der Waals surface area contributed by atoms with E-state index in [1.807, 2.05) is 24.3 Å². The first-order valence-corrected chi connectivity index (χ1v) is 8.30. The zero-order valence-corrected chi connectivity index (χ0v) is 13.1. The van der Waals surface area contributed by atoms with Crippen LogP contribution in [0.25, 0.3) is 27.6 Å². The Morgan fingerprint density at radius 2 is 1.48 bits per heavy atom. The van der Waals surface area contributed by atoms with Gasteiger partial charge in [0, 0.05) is 0 Å². The second-order valence-corrected chi connectivity index (χ2v) is 6.31. The number of likely N-dealkylation sites (tertiary alicyclic amines) is 1. The summed E-state index contributed by atoms with van der Waals surface area (Å²) in [6.07, 6.45) is 4.11. The summed E-state index contributed by atoms with van der Waals surface area (Å²) in [6, 6.07) is 18.6. The van der Waals surface area contributed by atoms with E-state index in [-0.39, 0.29) is 5.83 Å². The van der Waals surface area contributed by atoms with Crippen LogP contribution in [0.4, 0.5) is 4.39 Å². The summed E-state index contributed by atoms with van der Waals surface area (Å²) in [7, 11) is 0. The SMILES string of the molecule is F/C(=C\c1c2ccccc2cc2ccccc12)CN1CCCC1. The lowest BCUT2D eigenvalue weighted by molar-refractivity contribution is 0.341. The fourth-order valence-corrected chi connectivity index (χ4v) is 3.56. The van der Waals surface area contributed by atoms with Crippen molar-refractivity contribution in [2.45, 2.75) is 12.8 Å². The van der Waals surface area contributed by atoms with Crippen LogP contribution in [0.2, 0.25) is 0 Å². The van der Waals surface area contributed by atoms with E-state index in [1.165, 1.54) is 12.8 Å². The van der Waals surface area contributed by atoms with Gasteiger partial charge in [0.05, 0.1) is 6.54 Å². The first-order valence-electron chi connectivity index (χ1n) is 8.30. The highest BCUT2D eigenvalue weighted by Crippen LogP contribution is 2.30. The Balaban J connectivity index is 1.85. The van der Waals surface area contributed by atoms with E-state index in [0.29, 0.717) is 6.54 Å². The Labute approximate surface area is 136 Å². The zero-order valence-electron chi connectivity index (χ0n) is 13.1. The van der Waals surface area contributed by atoms with E-state index >= 15 is 0 Å². The molecule has 0 N–H and O–H groups in total. The molecule has 0 saturated carbocycles. The molecule has 0 radical (unpaired) electrons. The molecule has 3 aromatic carbocycles. The number of fused-ring (bicyclic) bond motifs is 2. The largest absolute Gasteiger partial charge is 0.297 e. The van der Waals surface area contributed by atoms with E-state index in [9.17, 15) is 4.39 Å². The summed E-state index contributed by atoms with van der Waals surface area (Å²) in [5, 5.41) is 4.54. The lowest BCUT2D eigenvalue weighted by Crippen LogP contribution is -2.20. The van der Waals surface area contributed by atoms with E-state index in [2.05, 4.69) is 35.2 Å². The van der Waals surface area contributed by atoms with Crippen LogP contribution in [0.5, 0.6) is 0 Å². The molecule has 0 amide bonds. The Hall–Kier alpha value is -2.19. The van der Waals surface area contributed by atoms with Gasteiger partial charge in [-0.05, 0) is 65.2 Å². The molecule has 0 aromatic heterocycles. The molecule has 116 valence electrons. The van der Waals surface area contributed by atoms with Gasteiger partial charge in [0.25, 0.3) is 0 Å². The quantitative estimate of drug-likeness (QED) is 0.586. The maximum absolute atomic E-state index is 14.6. The molecule has 1 nitrogen and oxygen atoms in total. The van der Waals surface area contributed by atoms with Gasteiger partial charge in [-0.1, -0.05) is 48.5 Å². The molecule has 0 unspecified atom stereocenters. The van der Waals surface area contributed by atoms with Gasteiger partial charge < -0.3 is 0 Å². The molecule has 2 heteroatoms. The number of halogens is 1. The van der Waals surface area contributed by atoms with Crippen LogP contribution >= 0.6 is 0 Å². The van der Waals surface area contributed by atoms with Crippen molar-refractivity contribution in [3.8, 4) is 0 Å². The molecule has 1 aliphatic heterocycles. The van der Waals surface area contributed by atoms with Gasteiger partial charge in [0.2, 0.25) is 0 Å². The minimum absolute atomic E-state index is 0.0478. The summed E-state index contributed by atoms with van der Waals surface area (Å²) in [5.74, 6) is -0.0478. The molecule has 3 aromatic rings. The third-order valence-corrected chi connectivity index (χ3v) is 4.69. The monoisotopic (exact) mass is 305 g/mol. The summed E-state index contributed by atoms with van der Waals surface area (Å²) < 4.78 is 14.6. The molecule has 1 heterocycles. The highest BCUT2D eigenvalue weighted by molar-refractivity contribution is 6.06. The molecule has 1 fully saturated rings. The summed E-state index contributed by atoms with van der Waals surface area (Å²) in [6.45, 7) is 2.45. The van der Waals surface area contributed by atoms with Crippen LogP contribution < -0.4 is 0 Å². The van der Waals surface area contributed by atoms with Crippen LogP contribution in [0.15, 0.2) is 60.4 Å². The summed E-state index contributed by atoms with van der Waals surface area (Å²) >= 11 is 0. The molecule has 0 bridgehead atoms. The fourth-order valence-electron chi connectivity index (χ4n) is 3.56. The third kappa shape index (κ3) is 2.87. The van der Waals surface area contributed by atoms with Crippen molar-refractivity contribution >= 4 is 27.6 Å². The highest BCUT2D eigenvalue weighted by Gasteiger charge is 2.14. The highest BCUT2D eigenvalue weighted by atomic mass is 19.1. The molecule has 4 rings (SSSR count). The first kappa shape index (κ1) is 14.4. The van der Waals surface area contributed by atoms with E-state index in [4.69, 9.17) is 0 Å². The number of hydrogen-bond donors (Lipinski definition) is 0. The van der Waals surface area contributed by atoms with Crippen molar-refractivity contribution in [3.05, 3.63) is 66.0 Å². The minimum Gasteiger partial charge on any atom is -0.297 e. The van der Waals surface area contributed by atoms with E-state index in [1.54, 1.807) is 6.08 Å². The maximum Gasteiger partial charge on any atom is 0.115 e. The van der Waals surface area contributed by atoms with Gasteiger partial charge in [0.15, 0.2) is 0 Å². The maximum atomic E-state index is 14.6. The number of benzene rings is 3. The summed E-state index contributed by atoms with van der Waals surface area (Å²) in [5.41, 5.74) is 0.996. The fraction of sp³-hybridized carbons (Fsp3) is 0.238. The third-order valence-electron chi connectivity index (χ3n) is 4.69. The molecule has 0 aliphatic carbocycles. The lowest BCUT2D eigenvalue weighted by atomic mass is 9.96. The van der Waals surface area contributed by atoms with Gasteiger partial charge in [-0.25, -0.2) is 4.39 Å². The predicted octanol–water partition coefficient (Wildman–Crippen LogP) is 5.40. The smallest absolute Gasteiger partial charge is 0.115 e. The predicted molar refractivity (Wildman–Crippen MR) is 96.2 cm³/mol. The van der Waals surface area contributed by atoms with Crippen molar-refractivity contribution in [1.29, 1.82) is 0 Å². The van der Waals surface area contributed by atoms with Crippen LogP contribution in [0.3, 0.4) is 0 Å². The standard InChI is InChI=1S/C21H20FN/c22-18(15-23-11-5-6-12-23)14-21-19-9-3-1-7-16(19)13-17-8-2-4-10-20(17)21/h1-4,7-10,13-14H,5-6,11-12,15H2/b18-14-. The van der Waals surface area contributed by atoms with E-state index in [0.717, 1.165) is 40.2 Å². The van der Waals surface area contributed by atoms with Gasteiger partial charge >= 0.3 is 0 Å². The molecule has 23 heavy (non-hydrogen) atoms. The van der Waals surface area contributed by atoms with Crippen molar-refractivity contribution in [1.82, 2.24) is 4.90 Å². The number of nitrogens with zero attached hydrogens (tertiary/aromatic N) is 1. The lowest BCUT2D eigenvalue weighted by Gasteiger charge is -2.13. The second kappa shape index (κ2) is 6.13. The molecule has 0 atom stereocenters. The van der Waals surface area contributed by atoms with Crippen LogP contribution in [0, 0.1) is 0 Å². The molecule has 1 aliphatic rings. The average Bonchev–Trinajstić information content (AvgIpc) is 3.07. The normalized spacial score (nSPS) is 16.5. The van der Waals surface area contributed by atoms with Gasteiger partial charge in [-0.15, -0.1) is 0 Å². The van der Waals surface area contributed by atoms with Gasteiger partial charge in [-0.3, -0.25) is 4.90 Å². The van der Waals surface area contributed by atoms with Crippen molar-refractivity contribution in [2.24, 2.45) is 0 Å². The Morgan fingerprint density at radius 1 is 0.913 bits per heavy atom. The molecule has 0 spiro atoms. The Kier molecular flexibility index (Phi) is 3.84. The van der Waals surface area contributed by atoms with Gasteiger partial charge in [-0.2, -0.15) is 0 Å². The summed E-state index contributed by atoms with van der Waals surface area (Å²) in [4.78, 5) is 2.19. The number of rotatable bonds is 3. The topological polar surface area (TPSA) is 3.24 Å². The van der Waals surface area contributed by atoms with E-state index < -0.39 is 0 Å². The van der Waals surface area contributed by atoms with Crippen molar-refractivity contribution in [2.75, 3.05) is 19.6 Å². The Morgan fingerprint density at radius 3 is 2.09 bits per heavy atom. The van der Waals surface area contributed by atoms with Crippen molar-refractivity contribution < 1.29 is 4.39 Å². The first-order chi connectivity index (χ1) is 11.3.